The fraction of sp³-hybridized carbons (Fsp3) is 0.259. The summed E-state index contributed by atoms with van der Waals surface area (Å²) in [6, 6.07) is 21.9. The number of hydrogen-bond acceptors (Lipinski definition) is 4. The van der Waals surface area contributed by atoms with Gasteiger partial charge in [-0.05, 0) is 41.5 Å². The molecule has 5 amide bonds. The topological polar surface area (TPSA) is 90.0 Å². The molecule has 0 aliphatic carbocycles. The fourth-order valence-electron chi connectivity index (χ4n) is 4.69. The summed E-state index contributed by atoms with van der Waals surface area (Å²) in [5.74, 6) is -0.843. The summed E-state index contributed by atoms with van der Waals surface area (Å²) in [5, 5.41) is 4.77. The minimum Gasteiger partial charge on any atom is -0.338 e. The van der Waals surface area contributed by atoms with Crippen molar-refractivity contribution in [3.05, 3.63) is 83.9 Å². The van der Waals surface area contributed by atoms with Crippen LogP contribution in [0.1, 0.15) is 22.8 Å². The van der Waals surface area contributed by atoms with Crippen LogP contribution < -0.4 is 5.32 Å². The molecule has 0 spiro atoms. The van der Waals surface area contributed by atoms with Crippen LogP contribution in [0.25, 0.3) is 10.8 Å². The van der Waals surface area contributed by atoms with Gasteiger partial charge in [-0.2, -0.15) is 0 Å². The Bertz CT molecular complexity index is 1320. The monoisotopic (exact) mass is 470 g/mol. The van der Waals surface area contributed by atoms with Gasteiger partial charge in [-0.3, -0.25) is 19.3 Å². The number of fused-ring (bicyclic) bond motifs is 1. The number of hydrogen-bond donors (Lipinski definition) is 1. The van der Waals surface area contributed by atoms with Crippen molar-refractivity contribution in [2.24, 2.45) is 0 Å². The Hall–Kier alpha value is -4.20. The number of imide groups is 1. The Morgan fingerprint density at radius 2 is 1.46 bits per heavy atom. The van der Waals surface area contributed by atoms with Crippen LogP contribution in [0.5, 0.6) is 0 Å². The number of benzene rings is 3. The number of nitrogens with zero attached hydrogens (tertiary/aromatic N) is 3. The van der Waals surface area contributed by atoms with Gasteiger partial charge in [-0.1, -0.05) is 54.6 Å². The molecule has 2 fully saturated rings. The van der Waals surface area contributed by atoms with Gasteiger partial charge < -0.3 is 15.1 Å². The van der Waals surface area contributed by atoms with E-state index in [4.69, 9.17) is 0 Å². The average molecular weight is 471 g/mol. The van der Waals surface area contributed by atoms with E-state index >= 15 is 0 Å². The lowest BCUT2D eigenvalue weighted by Gasteiger charge is -2.35. The maximum atomic E-state index is 13.3. The number of nitrogens with one attached hydrogen (secondary N) is 1. The van der Waals surface area contributed by atoms with Gasteiger partial charge in [-0.25, -0.2) is 4.79 Å². The predicted molar refractivity (Wildman–Crippen MR) is 130 cm³/mol. The molecule has 0 saturated carbocycles. The molecule has 3 aromatic rings. The number of amides is 5. The number of carbonyl (C=O) groups is 4. The van der Waals surface area contributed by atoms with Crippen molar-refractivity contribution in [2.45, 2.75) is 12.5 Å². The number of rotatable bonds is 4. The summed E-state index contributed by atoms with van der Waals surface area (Å²) in [6.07, 6.45) is 0. The molecule has 1 unspecified atom stereocenters. The lowest BCUT2D eigenvalue weighted by Crippen LogP contribution is -2.53. The van der Waals surface area contributed by atoms with Gasteiger partial charge in [0.2, 0.25) is 5.91 Å². The molecule has 2 saturated heterocycles. The number of urea groups is 1. The smallest absolute Gasteiger partial charge is 0.325 e. The van der Waals surface area contributed by atoms with Crippen molar-refractivity contribution in [2.75, 3.05) is 32.7 Å². The van der Waals surface area contributed by atoms with E-state index in [1.807, 2.05) is 60.7 Å². The highest BCUT2D eigenvalue weighted by molar-refractivity contribution is 6.09. The molecule has 5 rings (SSSR count). The van der Waals surface area contributed by atoms with E-state index in [0.717, 1.165) is 15.7 Å². The molecule has 2 heterocycles. The molecule has 1 N–H and O–H groups in total. The van der Waals surface area contributed by atoms with Crippen LogP contribution in [-0.4, -0.2) is 71.2 Å². The molecule has 1 atom stereocenters. The summed E-state index contributed by atoms with van der Waals surface area (Å²) >= 11 is 0. The highest BCUT2D eigenvalue weighted by atomic mass is 16.2. The van der Waals surface area contributed by atoms with Gasteiger partial charge in [-0.15, -0.1) is 0 Å². The van der Waals surface area contributed by atoms with E-state index in [1.54, 1.807) is 28.9 Å². The zero-order valence-electron chi connectivity index (χ0n) is 19.4. The quantitative estimate of drug-likeness (QED) is 0.594. The summed E-state index contributed by atoms with van der Waals surface area (Å²) in [7, 11) is 0. The van der Waals surface area contributed by atoms with Gasteiger partial charge >= 0.3 is 6.03 Å². The molecular weight excluding hydrogens is 444 g/mol. The molecule has 0 aromatic heterocycles. The lowest BCUT2D eigenvalue weighted by atomic mass is 9.90. The first-order valence-corrected chi connectivity index (χ1v) is 11.6. The van der Waals surface area contributed by atoms with Crippen molar-refractivity contribution in [3.8, 4) is 0 Å². The molecule has 0 bridgehead atoms. The Balaban J connectivity index is 1.24. The standard InChI is InChI=1S/C27H26N4O4/c1-27(22-12-11-19-7-5-6-10-21(19)17-22)25(34)31(26(35)28-27)18-23(32)29-13-15-30(16-14-29)24(33)20-8-3-2-4-9-20/h2-12,17H,13-16,18H2,1H3,(H,28,35). The number of carbonyl (C=O) groups excluding carboxylic acids is 4. The molecule has 178 valence electrons. The van der Waals surface area contributed by atoms with Gasteiger partial charge in [0.15, 0.2) is 0 Å². The second-order valence-corrected chi connectivity index (χ2v) is 9.05. The van der Waals surface area contributed by atoms with E-state index in [2.05, 4.69) is 5.32 Å². The minimum atomic E-state index is -1.25. The zero-order chi connectivity index (χ0) is 24.6. The van der Waals surface area contributed by atoms with Gasteiger partial charge in [0, 0.05) is 31.7 Å². The molecule has 8 nitrogen and oxygen atoms in total. The third kappa shape index (κ3) is 4.12. The first-order valence-electron chi connectivity index (χ1n) is 11.6. The highest BCUT2D eigenvalue weighted by Gasteiger charge is 2.49. The maximum absolute atomic E-state index is 13.3. The van der Waals surface area contributed by atoms with Crippen molar-refractivity contribution in [1.29, 1.82) is 0 Å². The first kappa shape index (κ1) is 22.6. The first-order chi connectivity index (χ1) is 16.9. The summed E-state index contributed by atoms with van der Waals surface area (Å²) in [6.45, 7) is 2.82. The second kappa shape index (κ2) is 8.87. The van der Waals surface area contributed by atoms with Crippen LogP contribution in [0.15, 0.2) is 72.8 Å². The molecule has 0 radical (unpaired) electrons. The lowest BCUT2D eigenvalue weighted by molar-refractivity contribution is -0.139. The van der Waals surface area contributed by atoms with E-state index < -0.39 is 17.5 Å². The second-order valence-electron chi connectivity index (χ2n) is 9.05. The van der Waals surface area contributed by atoms with E-state index in [0.29, 0.717) is 37.3 Å². The Morgan fingerprint density at radius 1 is 0.829 bits per heavy atom. The van der Waals surface area contributed by atoms with Gasteiger partial charge in [0.25, 0.3) is 11.8 Å². The third-order valence-corrected chi connectivity index (χ3v) is 6.84. The summed E-state index contributed by atoms with van der Waals surface area (Å²) in [4.78, 5) is 55.9. The van der Waals surface area contributed by atoms with Gasteiger partial charge in [0.1, 0.15) is 12.1 Å². The molecule has 2 aliphatic rings. The number of piperazine rings is 1. The molecule has 8 heteroatoms. The van der Waals surface area contributed by atoms with Crippen molar-refractivity contribution < 1.29 is 19.2 Å². The average Bonchev–Trinajstić information content (AvgIpc) is 3.12. The van der Waals surface area contributed by atoms with E-state index in [1.165, 1.54) is 0 Å². The predicted octanol–water partition coefficient (Wildman–Crippen LogP) is 2.59. The largest absolute Gasteiger partial charge is 0.338 e. The summed E-state index contributed by atoms with van der Waals surface area (Å²) in [5.41, 5.74) is 0.0273. The van der Waals surface area contributed by atoms with Crippen LogP contribution in [0, 0.1) is 0 Å². The Labute approximate surface area is 203 Å². The van der Waals surface area contributed by atoms with Crippen LogP contribution >= 0.6 is 0 Å². The maximum Gasteiger partial charge on any atom is 0.325 e. The van der Waals surface area contributed by atoms with Crippen LogP contribution in [0.3, 0.4) is 0 Å². The summed E-state index contributed by atoms with van der Waals surface area (Å²) < 4.78 is 0. The van der Waals surface area contributed by atoms with Crippen LogP contribution in [0.2, 0.25) is 0 Å². The van der Waals surface area contributed by atoms with Crippen molar-refractivity contribution in [3.63, 3.8) is 0 Å². The zero-order valence-corrected chi connectivity index (χ0v) is 19.4. The Kier molecular flexibility index (Phi) is 5.72. The van der Waals surface area contributed by atoms with Gasteiger partial charge in [0.05, 0.1) is 0 Å². The van der Waals surface area contributed by atoms with Crippen molar-refractivity contribution >= 4 is 34.5 Å². The SMILES string of the molecule is CC1(c2ccc3ccccc3c2)NC(=O)N(CC(=O)N2CCN(C(=O)c3ccccc3)CC2)C1=O. The molecule has 35 heavy (non-hydrogen) atoms. The van der Waals surface area contributed by atoms with E-state index in [9.17, 15) is 19.2 Å². The minimum absolute atomic E-state index is 0.0713. The Morgan fingerprint density at radius 3 is 2.17 bits per heavy atom. The normalized spacial score (nSPS) is 20.3. The third-order valence-electron chi connectivity index (χ3n) is 6.84. The van der Waals surface area contributed by atoms with Crippen LogP contribution in [-0.2, 0) is 15.1 Å². The highest BCUT2D eigenvalue weighted by Crippen LogP contribution is 2.31. The van der Waals surface area contributed by atoms with Crippen LogP contribution in [0.4, 0.5) is 4.79 Å². The fourth-order valence-corrected chi connectivity index (χ4v) is 4.69. The molecule has 2 aliphatic heterocycles. The van der Waals surface area contributed by atoms with Crippen molar-refractivity contribution in [1.82, 2.24) is 20.0 Å². The van der Waals surface area contributed by atoms with E-state index in [-0.39, 0.29) is 18.4 Å². The molecule has 3 aromatic carbocycles. The molecular formula is C27H26N4O4.